The minimum absolute atomic E-state index is 0.662. The van der Waals surface area contributed by atoms with Gasteiger partial charge in [0.05, 0.1) is 17.6 Å². The van der Waals surface area contributed by atoms with E-state index < -0.39 is 0 Å². The lowest BCUT2D eigenvalue weighted by atomic mass is 10.2. The highest BCUT2D eigenvalue weighted by Crippen LogP contribution is 2.18. The lowest BCUT2D eigenvalue weighted by Crippen LogP contribution is -2.28. The smallest absolute Gasteiger partial charge is 0.121 e. The van der Waals surface area contributed by atoms with Crippen molar-refractivity contribution in [1.82, 2.24) is 15.3 Å². The van der Waals surface area contributed by atoms with Crippen molar-refractivity contribution in [1.29, 1.82) is 0 Å². The fourth-order valence-corrected chi connectivity index (χ4v) is 3.38. The number of nitrogens with zero attached hydrogens (tertiary/aromatic N) is 1. The van der Waals surface area contributed by atoms with Crippen molar-refractivity contribution in [3.63, 3.8) is 0 Å². The highest BCUT2D eigenvalue weighted by molar-refractivity contribution is 7.99. The Labute approximate surface area is 105 Å². The number of aromatic nitrogens is 2. The number of H-pyrrole nitrogens is 1. The first kappa shape index (κ1) is 11.1. The van der Waals surface area contributed by atoms with Crippen LogP contribution in [0.15, 0.2) is 18.2 Å². The highest BCUT2D eigenvalue weighted by atomic mass is 32.2. The van der Waals surface area contributed by atoms with E-state index in [1.165, 1.54) is 23.5 Å². The summed E-state index contributed by atoms with van der Waals surface area (Å²) in [5.41, 5.74) is 3.48. The summed E-state index contributed by atoms with van der Waals surface area (Å²) in [7, 11) is 0. The standard InChI is InChI=1S/C13H17N3S/c1-9-2-3-11-12(6-9)16-13(15-11)7-14-10-4-5-17-8-10/h2-3,6,10,14H,4-5,7-8H2,1H3,(H,15,16). The number of benzene rings is 1. The Balaban J connectivity index is 1.72. The van der Waals surface area contributed by atoms with Gasteiger partial charge in [0.2, 0.25) is 0 Å². The minimum Gasteiger partial charge on any atom is -0.341 e. The number of aromatic amines is 1. The number of aryl methyl sites for hydroxylation is 1. The number of nitrogens with one attached hydrogen (secondary N) is 2. The van der Waals surface area contributed by atoms with Crippen LogP contribution < -0.4 is 5.32 Å². The number of fused-ring (bicyclic) bond motifs is 1. The van der Waals surface area contributed by atoms with Gasteiger partial charge in [0.1, 0.15) is 5.82 Å². The molecule has 0 bridgehead atoms. The van der Waals surface area contributed by atoms with Crippen LogP contribution in [-0.2, 0) is 6.54 Å². The van der Waals surface area contributed by atoms with Crippen LogP contribution in [0.3, 0.4) is 0 Å². The Kier molecular flexibility index (Phi) is 3.07. The number of rotatable bonds is 3. The fourth-order valence-electron chi connectivity index (χ4n) is 2.20. The number of hydrogen-bond donors (Lipinski definition) is 2. The van der Waals surface area contributed by atoms with Gasteiger partial charge in [-0.25, -0.2) is 4.98 Å². The molecule has 1 aromatic heterocycles. The molecule has 2 N–H and O–H groups in total. The second-order valence-electron chi connectivity index (χ2n) is 4.65. The van der Waals surface area contributed by atoms with E-state index in [1.54, 1.807) is 0 Å². The molecule has 0 radical (unpaired) electrons. The highest BCUT2D eigenvalue weighted by Gasteiger charge is 2.14. The van der Waals surface area contributed by atoms with E-state index in [4.69, 9.17) is 0 Å². The lowest BCUT2D eigenvalue weighted by Gasteiger charge is -2.08. The Morgan fingerprint density at radius 3 is 3.29 bits per heavy atom. The first-order chi connectivity index (χ1) is 8.31. The van der Waals surface area contributed by atoms with Crippen LogP contribution in [-0.4, -0.2) is 27.5 Å². The van der Waals surface area contributed by atoms with Gasteiger partial charge < -0.3 is 10.3 Å². The molecule has 4 heteroatoms. The molecule has 1 fully saturated rings. The number of imidazole rings is 1. The molecule has 0 amide bonds. The Morgan fingerprint density at radius 2 is 2.47 bits per heavy atom. The van der Waals surface area contributed by atoms with Gasteiger partial charge in [-0.1, -0.05) is 6.07 Å². The van der Waals surface area contributed by atoms with Crippen LogP contribution in [0.1, 0.15) is 17.8 Å². The fraction of sp³-hybridized carbons (Fsp3) is 0.462. The van der Waals surface area contributed by atoms with Gasteiger partial charge in [-0.05, 0) is 36.8 Å². The maximum absolute atomic E-state index is 4.59. The van der Waals surface area contributed by atoms with Gasteiger partial charge in [0.15, 0.2) is 0 Å². The summed E-state index contributed by atoms with van der Waals surface area (Å²) in [5, 5.41) is 3.56. The van der Waals surface area contributed by atoms with Crippen molar-refractivity contribution in [3.05, 3.63) is 29.6 Å². The van der Waals surface area contributed by atoms with Gasteiger partial charge >= 0.3 is 0 Å². The summed E-state index contributed by atoms with van der Waals surface area (Å²) in [6, 6.07) is 7.00. The van der Waals surface area contributed by atoms with E-state index in [2.05, 4.69) is 40.4 Å². The van der Waals surface area contributed by atoms with Crippen molar-refractivity contribution in [2.45, 2.75) is 25.9 Å². The van der Waals surface area contributed by atoms with E-state index in [9.17, 15) is 0 Å². The van der Waals surface area contributed by atoms with Crippen LogP contribution in [0, 0.1) is 6.92 Å². The molecule has 0 aliphatic carbocycles. The topological polar surface area (TPSA) is 40.7 Å². The van der Waals surface area contributed by atoms with Crippen molar-refractivity contribution in [2.75, 3.05) is 11.5 Å². The molecule has 1 aromatic carbocycles. The molecule has 1 atom stereocenters. The first-order valence-electron chi connectivity index (χ1n) is 6.07. The summed E-state index contributed by atoms with van der Waals surface area (Å²) >= 11 is 2.03. The third-order valence-corrected chi connectivity index (χ3v) is 4.34. The summed E-state index contributed by atoms with van der Waals surface area (Å²) in [4.78, 5) is 7.97. The van der Waals surface area contributed by atoms with Gasteiger partial charge in [0.25, 0.3) is 0 Å². The van der Waals surface area contributed by atoms with Gasteiger partial charge in [0, 0.05) is 11.8 Å². The molecule has 2 aromatic rings. The predicted molar refractivity (Wildman–Crippen MR) is 73.4 cm³/mol. The molecule has 1 aliphatic heterocycles. The largest absolute Gasteiger partial charge is 0.341 e. The quantitative estimate of drug-likeness (QED) is 0.875. The SMILES string of the molecule is Cc1ccc2nc(CNC3CCSC3)[nH]c2c1. The maximum Gasteiger partial charge on any atom is 0.121 e. The van der Waals surface area contributed by atoms with E-state index in [1.807, 2.05) is 11.8 Å². The van der Waals surface area contributed by atoms with E-state index in [-0.39, 0.29) is 0 Å². The van der Waals surface area contributed by atoms with Crippen LogP contribution >= 0.6 is 11.8 Å². The first-order valence-corrected chi connectivity index (χ1v) is 7.23. The molecule has 90 valence electrons. The summed E-state index contributed by atoms with van der Waals surface area (Å²) in [6.07, 6.45) is 1.28. The second kappa shape index (κ2) is 4.70. The van der Waals surface area contributed by atoms with Crippen LogP contribution in [0.2, 0.25) is 0 Å². The van der Waals surface area contributed by atoms with Gasteiger partial charge in [-0.3, -0.25) is 0 Å². The lowest BCUT2D eigenvalue weighted by molar-refractivity contribution is 0.547. The second-order valence-corrected chi connectivity index (χ2v) is 5.80. The molecule has 1 saturated heterocycles. The molecule has 1 aliphatic rings. The van der Waals surface area contributed by atoms with Crippen molar-refractivity contribution in [2.24, 2.45) is 0 Å². The zero-order valence-corrected chi connectivity index (χ0v) is 10.8. The van der Waals surface area contributed by atoms with Crippen molar-refractivity contribution in [3.8, 4) is 0 Å². The minimum atomic E-state index is 0.662. The monoisotopic (exact) mass is 247 g/mol. The molecule has 0 saturated carbocycles. The zero-order valence-electron chi connectivity index (χ0n) is 9.99. The third kappa shape index (κ3) is 2.48. The molecule has 3 nitrogen and oxygen atoms in total. The van der Waals surface area contributed by atoms with Crippen molar-refractivity contribution < 1.29 is 0 Å². The molecule has 17 heavy (non-hydrogen) atoms. The molecule has 1 unspecified atom stereocenters. The summed E-state index contributed by atoms with van der Waals surface area (Å²) in [5.74, 6) is 3.57. The summed E-state index contributed by atoms with van der Waals surface area (Å²) in [6.45, 7) is 2.95. The third-order valence-electron chi connectivity index (χ3n) is 3.17. The Hall–Kier alpha value is -1.00. The molecular formula is C13H17N3S. The van der Waals surface area contributed by atoms with E-state index in [0.29, 0.717) is 6.04 Å². The Morgan fingerprint density at radius 1 is 1.53 bits per heavy atom. The van der Waals surface area contributed by atoms with E-state index in [0.717, 1.165) is 23.4 Å². The van der Waals surface area contributed by atoms with Gasteiger partial charge in [-0.15, -0.1) is 0 Å². The Bertz CT molecular complexity index is 514. The maximum atomic E-state index is 4.59. The molecule has 3 rings (SSSR count). The van der Waals surface area contributed by atoms with Crippen LogP contribution in [0.5, 0.6) is 0 Å². The van der Waals surface area contributed by atoms with Crippen molar-refractivity contribution >= 4 is 22.8 Å². The average molecular weight is 247 g/mol. The van der Waals surface area contributed by atoms with Gasteiger partial charge in [-0.2, -0.15) is 11.8 Å². The molecular weight excluding hydrogens is 230 g/mol. The summed E-state index contributed by atoms with van der Waals surface area (Å²) < 4.78 is 0. The number of thioether (sulfide) groups is 1. The zero-order chi connectivity index (χ0) is 11.7. The number of hydrogen-bond acceptors (Lipinski definition) is 3. The van der Waals surface area contributed by atoms with E-state index >= 15 is 0 Å². The molecule has 0 spiro atoms. The average Bonchev–Trinajstić information content (AvgIpc) is 2.94. The predicted octanol–water partition coefficient (Wildman–Crippen LogP) is 2.47. The van der Waals surface area contributed by atoms with Crippen LogP contribution in [0.4, 0.5) is 0 Å². The van der Waals surface area contributed by atoms with Crippen LogP contribution in [0.25, 0.3) is 11.0 Å². The normalized spacial score (nSPS) is 20.2. The molecule has 2 heterocycles.